The molecule has 0 spiro atoms. The van der Waals surface area contributed by atoms with E-state index in [9.17, 15) is 9.59 Å². The van der Waals surface area contributed by atoms with Crippen LogP contribution >= 0.6 is 15.9 Å². The van der Waals surface area contributed by atoms with E-state index in [2.05, 4.69) is 31.5 Å². The molecule has 2 N–H and O–H groups in total. The van der Waals surface area contributed by atoms with Crippen LogP contribution < -0.4 is 10.6 Å². The molecular weight excluding hydrogens is 358 g/mol. The van der Waals surface area contributed by atoms with Gasteiger partial charge in [0.05, 0.1) is 0 Å². The maximum atomic E-state index is 12.5. The van der Waals surface area contributed by atoms with E-state index in [1.165, 1.54) is 0 Å². The third-order valence-corrected chi connectivity index (χ3v) is 4.99. The summed E-state index contributed by atoms with van der Waals surface area (Å²) in [4.78, 5) is 26.9. The van der Waals surface area contributed by atoms with Gasteiger partial charge in [0.25, 0.3) is 0 Å². The van der Waals surface area contributed by atoms with Crippen molar-refractivity contribution in [3.8, 4) is 0 Å². The van der Waals surface area contributed by atoms with Gasteiger partial charge < -0.3 is 15.5 Å². The van der Waals surface area contributed by atoms with Crippen LogP contribution in [0.2, 0.25) is 0 Å². The normalized spacial score (nSPS) is 15.3. The van der Waals surface area contributed by atoms with Crippen LogP contribution in [0.3, 0.4) is 0 Å². The molecule has 1 aromatic carbocycles. The minimum absolute atomic E-state index is 0.150. The van der Waals surface area contributed by atoms with E-state index in [4.69, 9.17) is 0 Å². The second-order valence-corrected chi connectivity index (χ2v) is 7.27. The molecule has 1 saturated carbocycles. The molecule has 1 fully saturated rings. The van der Waals surface area contributed by atoms with Crippen LogP contribution in [0.1, 0.15) is 24.8 Å². The molecule has 1 aliphatic carbocycles. The number of carbonyl (C=O) groups excluding carboxylic acids is 2. The lowest BCUT2D eigenvalue weighted by Gasteiger charge is -2.16. The molecule has 0 aliphatic heterocycles. The average Bonchev–Trinajstić information content (AvgIpc) is 3.29. The molecule has 0 unspecified atom stereocenters. The predicted molar refractivity (Wildman–Crippen MR) is 95.4 cm³/mol. The van der Waals surface area contributed by atoms with Crippen LogP contribution in [0.25, 0.3) is 0 Å². The summed E-state index contributed by atoms with van der Waals surface area (Å²) in [5.41, 5.74) is 0.891. The topological polar surface area (TPSA) is 61.4 Å². The molecule has 126 valence electrons. The minimum Gasteiger partial charge on any atom is -0.355 e. The van der Waals surface area contributed by atoms with Crippen molar-refractivity contribution < 1.29 is 9.59 Å². The molecule has 0 atom stereocenters. The van der Waals surface area contributed by atoms with Gasteiger partial charge in [0.15, 0.2) is 0 Å². The molecule has 1 aliphatic rings. The van der Waals surface area contributed by atoms with E-state index in [-0.39, 0.29) is 11.8 Å². The van der Waals surface area contributed by atoms with Crippen LogP contribution in [0.15, 0.2) is 22.7 Å². The lowest BCUT2D eigenvalue weighted by molar-refractivity contribution is -0.134. The molecular formula is C17H24BrN3O2. The van der Waals surface area contributed by atoms with Gasteiger partial charge in [-0.2, -0.15) is 0 Å². The van der Waals surface area contributed by atoms with Crippen LogP contribution in [0.4, 0.5) is 5.69 Å². The van der Waals surface area contributed by atoms with Gasteiger partial charge in [-0.3, -0.25) is 9.59 Å². The first-order chi connectivity index (χ1) is 10.8. The molecule has 0 saturated heterocycles. The van der Waals surface area contributed by atoms with Crippen LogP contribution in [-0.2, 0) is 9.59 Å². The lowest BCUT2D eigenvalue weighted by atomic mass is 10.0. The highest BCUT2D eigenvalue weighted by Crippen LogP contribution is 2.46. The number of anilines is 1. The number of halogens is 1. The third-order valence-electron chi connectivity index (χ3n) is 4.10. The number of hydrogen-bond acceptors (Lipinski definition) is 3. The molecule has 1 aromatic rings. The Morgan fingerprint density at radius 3 is 2.52 bits per heavy atom. The Kier molecular flexibility index (Phi) is 5.81. The zero-order valence-electron chi connectivity index (χ0n) is 13.9. The molecule has 5 nitrogen and oxygen atoms in total. The zero-order valence-corrected chi connectivity index (χ0v) is 15.5. The Balaban J connectivity index is 1.90. The Hall–Kier alpha value is -1.40. The lowest BCUT2D eigenvalue weighted by Crippen LogP contribution is -2.40. The van der Waals surface area contributed by atoms with Gasteiger partial charge in [-0.25, -0.2) is 0 Å². The molecule has 2 rings (SSSR count). The number of aryl methyl sites for hydroxylation is 1. The number of hydrogen-bond donors (Lipinski definition) is 2. The van der Waals surface area contributed by atoms with Crippen molar-refractivity contribution in [2.45, 2.75) is 26.2 Å². The van der Waals surface area contributed by atoms with Gasteiger partial charge in [-0.05, 0) is 70.6 Å². The minimum atomic E-state index is -0.876. The molecule has 0 radical (unpaired) electrons. The van der Waals surface area contributed by atoms with E-state index in [0.717, 1.165) is 28.7 Å². The van der Waals surface area contributed by atoms with E-state index >= 15 is 0 Å². The van der Waals surface area contributed by atoms with Crippen molar-refractivity contribution in [1.29, 1.82) is 0 Å². The van der Waals surface area contributed by atoms with Crippen LogP contribution in [0, 0.1) is 12.3 Å². The summed E-state index contributed by atoms with van der Waals surface area (Å²) in [6, 6.07) is 5.62. The van der Waals surface area contributed by atoms with Gasteiger partial charge in [-0.1, -0.05) is 15.9 Å². The maximum Gasteiger partial charge on any atom is 0.240 e. The first kappa shape index (κ1) is 17.9. The Morgan fingerprint density at radius 1 is 1.26 bits per heavy atom. The van der Waals surface area contributed by atoms with E-state index in [0.29, 0.717) is 19.4 Å². The summed E-state index contributed by atoms with van der Waals surface area (Å²) in [6.07, 6.45) is 2.12. The largest absolute Gasteiger partial charge is 0.355 e. The quantitative estimate of drug-likeness (QED) is 0.563. The first-order valence-electron chi connectivity index (χ1n) is 7.86. The van der Waals surface area contributed by atoms with Gasteiger partial charge in [0.2, 0.25) is 11.8 Å². The molecule has 0 heterocycles. The summed E-state index contributed by atoms with van der Waals surface area (Å²) in [5, 5.41) is 5.77. The van der Waals surface area contributed by atoms with Crippen LogP contribution in [-0.4, -0.2) is 43.9 Å². The monoisotopic (exact) mass is 381 g/mol. The Bertz CT molecular complexity index is 598. The number of benzene rings is 1. The number of nitrogens with one attached hydrogen (secondary N) is 2. The molecule has 0 aromatic heterocycles. The summed E-state index contributed by atoms with van der Waals surface area (Å²) < 4.78 is 0.996. The van der Waals surface area contributed by atoms with Crippen molar-refractivity contribution in [3.05, 3.63) is 28.2 Å². The highest BCUT2D eigenvalue weighted by atomic mass is 79.9. The zero-order chi connectivity index (χ0) is 17.0. The van der Waals surface area contributed by atoms with E-state index in [1.807, 2.05) is 39.2 Å². The van der Waals surface area contributed by atoms with E-state index in [1.54, 1.807) is 0 Å². The standard InChI is InChI=1S/C17H24BrN3O2/c1-12-11-13(5-6-14(12)18)20-16(23)17(7-8-17)15(22)19-9-4-10-21(2)3/h5-6,11H,4,7-10H2,1-3H3,(H,19,22)(H,20,23). The van der Waals surface area contributed by atoms with Crippen molar-refractivity contribution in [2.24, 2.45) is 5.41 Å². The summed E-state index contributed by atoms with van der Waals surface area (Å²) in [5.74, 6) is -0.355. The number of carbonyl (C=O) groups is 2. The summed E-state index contributed by atoms with van der Waals surface area (Å²) >= 11 is 3.44. The van der Waals surface area contributed by atoms with Crippen molar-refractivity contribution in [3.63, 3.8) is 0 Å². The number of nitrogens with zero attached hydrogens (tertiary/aromatic N) is 1. The third kappa shape index (κ3) is 4.54. The summed E-state index contributed by atoms with van der Waals surface area (Å²) in [6.45, 7) is 3.48. The van der Waals surface area contributed by atoms with Gasteiger partial charge >= 0.3 is 0 Å². The van der Waals surface area contributed by atoms with Crippen molar-refractivity contribution in [1.82, 2.24) is 10.2 Å². The Labute approximate surface area is 145 Å². The maximum absolute atomic E-state index is 12.5. The Morgan fingerprint density at radius 2 is 1.96 bits per heavy atom. The molecule has 23 heavy (non-hydrogen) atoms. The van der Waals surface area contributed by atoms with Gasteiger partial charge in [0, 0.05) is 16.7 Å². The van der Waals surface area contributed by atoms with Gasteiger partial charge in [-0.15, -0.1) is 0 Å². The van der Waals surface area contributed by atoms with Crippen LogP contribution in [0.5, 0.6) is 0 Å². The average molecular weight is 382 g/mol. The van der Waals surface area contributed by atoms with E-state index < -0.39 is 5.41 Å². The van der Waals surface area contributed by atoms with Crippen molar-refractivity contribution >= 4 is 33.4 Å². The second kappa shape index (κ2) is 7.45. The second-order valence-electron chi connectivity index (χ2n) is 6.41. The summed E-state index contributed by atoms with van der Waals surface area (Å²) in [7, 11) is 4.00. The first-order valence-corrected chi connectivity index (χ1v) is 8.65. The fraction of sp³-hybridized carbons (Fsp3) is 0.529. The smallest absolute Gasteiger partial charge is 0.240 e. The SMILES string of the molecule is Cc1cc(NC(=O)C2(C(=O)NCCCN(C)C)CC2)ccc1Br. The highest BCUT2D eigenvalue weighted by Gasteiger charge is 2.56. The van der Waals surface area contributed by atoms with Crippen molar-refractivity contribution in [2.75, 3.05) is 32.5 Å². The fourth-order valence-corrected chi connectivity index (χ4v) is 2.67. The number of amides is 2. The van der Waals surface area contributed by atoms with Gasteiger partial charge in [0.1, 0.15) is 5.41 Å². The highest BCUT2D eigenvalue weighted by molar-refractivity contribution is 9.10. The fourth-order valence-electron chi connectivity index (χ4n) is 2.42. The number of rotatable bonds is 7. The molecule has 2 amide bonds. The molecule has 0 bridgehead atoms. The molecule has 6 heteroatoms. The predicted octanol–water partition coefficient (Wildman–Crippen LogP) is 2.54.